The largest absolute Gasteiger partial charge is 0.416 e. The van der Waals surface area contributed by atoms with Crippen LogP contribution in [0.1, 0.15) is 24.0 Å². The molecule has 1 aliphatic carbocycles. The van der Waals surface area contributed by atoms with Crippen molar-refractivity contribution in [2.24, 2.45) is 4.99 Å². The maximum absolute atomic E-state index is 12.8. The zero-order valence-electron chi connectivity index (χ0n) is 8.51. The maximum Gasteiger partial charge on any atom is 0.416 e. The first-order valence-electron chi connectivity index (χ1n) is 4.86. The molecule has 1 aliphatic rings. The van der Waals surface area contributed by atoms with Crippen LogP contribution in [-0.4, -0.2) is 6.08 Å². The minimum atomic E-state index is -4.51. The summed E-state index contributed by atoms with van der Waals surface area (Å²) in [5, 5.41) is -0.0173. The van der Waals surface area contributed by atoms with E-state index < -0.39 is 17.3 Å². The number of isocyanates is 1. The van der Waals surface area contributed by atoms with Crippen LogP contribution in [0.4, 0.5) is 13.2 Å². The van der Waals surface area contributed by atoms with Gasteiger partial charge in [-0.25, -0.2) is 4.79 Å². The van der Waals surface area contributed by atoms with Crippen molar-refractivity contribution in [2.75, 3.05) is 0 Å². The Morgan fingerprint density at radius 2 is 2.00 bits per heavy atom. The summed E-state index contributed by atoms with van der Waals surface area (Å²) in [5.41, 5.74) is -2.07. The van der Waals surface area contributed by atoms with Crippen LogP contribution in [0.25, 0.3) is 0 Å². The van der Waals surface area contributed by atoms with Crippen molar-refractivity contribution in [1.29, 1.82) is 0 Å². The molecule has 0 N–H and O–H groups in total. The highest BCUT2D eigenvalue weighted by atomic mass is 35.5. The molecule has 0 atom stereocenters. The van der Waals surface area contributed by atoms with Crippen LogP contribution >= 0.6 is 11.6 Å². The number of carbonyl (C=O) groups excluding carboxylic acids is 1. The maximum atomic E-state index is 12.8. The van der Waals surface area contributed by atoms with Gasteiger partial charge in [0.1, 0.15) is 5.54 Å². The van der Waals surface area contributed by atoms with Crippen molar-refractivity contribution >= 4 is 17.7 Å². The summed E-state index contributed by atoms with van der Waals surface area (Å²) in [7, 11) is 0. The molecule has 0 unspecified atom stereocenters. The molecule has 0 radical (unpaired) electrons. The predicted octanol–water partition coefficient (Wildman–Crippen LogP) is 3.68. The summed E-state index contributed by atoms with van der Waals surface area (Å²) in [6.45, 7) is 0. The monoisotopic (exact) mass is 261 g/mol. The minimum Gasteiger partial charge on any atom is -0.211 e. The summed E-state index contributed by atoms with van der Waals surface area (Å²) in [4.78, 5) is 13.8. The third kappa shape index (κ3) is 2.08. The lowest BCUT2D eigenvalue weighted by atomic mass is 9.98. The van der Waals surface area contributed by atoms with Gasteiger partial charge in [0.25, 0.3) is 0 Å². The van der Waals surface area contributed by atoms with E-state index in [0.29, 0.717) is 12.8 Å². The van der Waals surface area contributed by atoms with Crippen molar-refractivity contribution in [1.82, 2.24) is 0 Å². The lowest BCUT2D eigenvalue weighted by Gasteiger charge is -2.18. The number of hydrogen-bond donors (Lipinski definition) is 0. The van der Waals surface area contributed by atoms with E-state index in [-0.39, 0.29) is 10.6 Å². The minimum absolute atomic E-state index is 0.0173. The number of rotatable bonds is 2. The lowest BCUT2D eigenvalue weighted by molar-refractivity contribution is -0.138. The second kappa shape index (κ2) is 3.86. The molecule has 0 amide bonds. The van der Waals surface area contributed by atoms with Gasteiger partial charge in [0, 0.05) is 10.6 Å². The van der Waals surface area contributed by atoms with Gasteiger partial charge in [-0.1, -0.05) is 17.7 Å². The van der Waals surface area contributed by atoms with Crippen LogP contribution < -0.4 is 0 Å². The SMILES string of the molecule is O=C=NC1(c2c(Cl)cccc2C(F)(F)F)CC1. The van der Waals surface area contributed by atoms with Crippen molar-refractivity contribution in [2.45, 2.75) is 24.6 Å². The number of alkyl halides is 3. The zero-order valence-corrected chi connectivity index (χ0v) is 9.27. The molecule has 0 saturated heterocycles. The Kier molecular flexibility index (Phi) is 2.76. The molecule has 2 rings (SSSR count). The van der Waals surface area contributed by atoms with Crippen molar-refractivity contribution in [3.8, 4) is 0 Å². The van der Waals surface area contributed by atoms with Crippen LogP contribution in [0.3, 0.4) is 0 Å². The van der Waals surface area contributed by atoms with Gasteiger partial charge in [0.2, 0.25) is 6.08 Å². The molecule has 0 heterocycles. The summed E-state index contributed by atoms with van der Waals surface area (Å²) >= 11 is 5.81. The van der Waals surface area contributed by atoms with E-state index >= 15 is 0 Å². The molecule has 1 aromatic rings. The predicted molar refractivity (Wildman–Crippen MR) is 55.5 cm³/mol. The molecule has 1 aromatic carbocycles. The molecular weight excluding hydrogens is 255 g/mol. The van der Waals surface area contributed by atoms with Gasteiger partial charge in [-0.2, -0.15) is 18.2 Å². The fraction of sp³-hybridized carbons (Fsp3) is 0.364. The summed E-state index contributed by atoms with van der Waals surface area (Å²) in [6.07, 6.45) is -2.41. The molecule has 1 fully saturated rings. The lowest BCUT2D eigenvalue weighted by Crippen LogP contribution is -2.15. The van der Waals surface area contributed by atoms with Gasteiger partial charge < -0.3 is 0 Å². The number of nitrogens with zero attached hydrogens (tertiary/aromatic N) is 1. The molecule has 0 aromatic heterocycles. The van der Waals surface area contributed by atoms with Crippen molar-refractivity contribution in [3.63, 3.8) is 0 Å². The Morgan fingerprint density at radius 1 is 1.35 bits per heavy atom. The topological polar surface area (TPSA) is 29.4 Å². The van der Waals surface area contributed by atoms with Gasteiger partial charge in [0.15, 0.2) is 0 Å². The number of hydrogen-bond acceptors (Lipinski definition) is 2. The van der Waals surface area contributed by atoms with Crippen LogP contribution in [0.5, 0.6) is 0 Å². The summed E-state index contributed by atoms with van der Waals surface area (Å²) in [5.74, 6) is 0. The first kappa shape index (κ1) is 12.1. The average Bonchev–Trinajstić information content (AvgIpc) is 2.97. The van der Waals surface area contributed by atoms with Gasteiger partial charge >= 0.3 is 6.18 Å². The fourth-order valence-corrected chi connectivity index (χ4v) is 2.21. The molecule has 2 nitrogen and oxygen atoms in total. The van der Waals surface area contributed by atoms with Crippen molar-refractivity contribution < 1.29 is 18.0 Å². The van der Waals surface area contributed by atoms with Crippen molar-refractivity contribution in [3.05, 3.63) is 34.3 Å². The molecular formula is C11H7ClF3NO. The van der Waals surface area contributed by atoms with Gasteiger partial charge in [-0.05, 0) is 25.0 Å². The summed E-state index contributed by atoms with van der Waals surface area (Å²) in [6, 6.07) is 3.55. The van der Waals surface area contributed by atoms with Crippen LogP contribution in [0, 0.1) is 0 Å². The molecule has 17 heavy (non-hydrogen) atoms. The Balaban J connectivity index is 2.64. The molecule has 0 bridgehead atoms. The van der Waals surface area contributed by atoms with E-state index in [0.717, 1.165) is 6.07 Å². The van der Waals surface area contributed by atoms with E-state index in [2.05, 4.69) is 4.99 Å². The second-order valence-corrected chi connectivity index (χ2v) is 4.30. The first-order chi connectivity index (χ1) is 7.91. The smallest absolute Gasteiger partial charge is 0.211 e. The van der Waals surface area contributed by atoms with Crippen LogP contribution in [-0.2, 0) is 16.5 Å². The Morgan fingerprint density at radius 3 is 2.47 bits per heavy atom. The fourth-order valence-electron chi connectivity index (χ4n) is 1.86. The Bertz CT molecular complexity index is 502. The van der Waals surface area contributed by atoms with Gasteiger partial charge in [0.05, 0.1) is 5.56 Å². The standard InChI is InChI=1S/C11H7ClF3NO/c12-8-3-1-2-7(11(13,14)15)9(8)10(4-5-10)16-6-17/h1-3H,4-5H2. The summed E-state index contributed by atoms with van der Waals surface area (Å²) < 4.78 is 38.5. The van der Waals surface area contributed by atoms with E-state index in [1.165, 1.54) is 18.2 Å². The number of aliphatic imine (C=N–C) groups is 1. The highest BCUT2D eigenvalue weighted by Gasteiger charge is 2.51. The average molecular weight is 262 g/mol. The van der Waals surface area contributed by atoms with E-state index in [1.54, 1.807) is 0 Å². The molecule has 0 aliphatic heterocycles. The third-order valence-corrected chi connectivity index (χ3v) is 3.08. The van der Waals surface area contributed by atoms with Gasteiger partial charge in [-0.15, -0.1) is 0 Å². The highest BCUT2D eigenvalue weighted by molar-refractivity contribution is 6.31. The molecule has 0 spiro atoms. The zero-order chi connectivity index (χ0) is 12.7. The normalized spacial score (nSPS) is 17.4. The van der Waals surface area contributed by atoms with Gasteiger partial charge in [-0.3, -0.25) is 0 Å². The Hall–Kier alpha value is -1.32. The Labute approximate surface area is 100 Å². The van der Waals surface area contributed by atoms with E-state index in [1.807, 2.05) is 0 Å². The first-order valence-corrected chi connectivity index (χ1v) is 5.24. The third-order valence-electron chi connectivity index (χ3n) is 2.77. The second-order valence-electron chi connectivity index (χ2n) is 3.89. The quantitative estimate of drug-likeness (QED) is 0.590. The van der Waals surface area contributed by atoms with E-state index in [9.17, 15) is 18.0 Å². The number of benzene rings is 1. The highest BCUT2D eigenvalue weighted by Crippen LogP contribution is 2.54. The number of halogens is 4. The van der Waals surface area contributed by atoms with E-state index in [4.69, 9.17) is 11.6 Å². The molecule has 90 valence electrons. The van der Waals surface area contributed by atoms with Crippen LogP contribution in [0.2, 0.25) is 5.02 Å². The molecule has 1 saturated carbocycles. The van der Waals surface area contributed by atoms with Crippen LogP contribution in [0.15, 0.2) is 23.2 Å². The molecule has 6 heteroatoms.